The molecular formula is C12H17N3O. The Morgan fingerprint density at radius 3 is 2.94 bits per heavy atom. The summed E-state index contributed by atoms with van der Waals surface area (Å²) in [4.78, 5) is 15.5. The maximum absolute atomic E-state index is 11.6. The van der Waals surface area contributed by atoms with Gasteiger partial charge in [0.15, 0.2) is 0 Å². The molecule has 3 N–H and O–H groups in total. The van der Waals surface area contributed by atoms with Gasteiger partial charge >= 0.3 is 0 Å². The van der Waals surface area contributed by atoms with Crippen molar-refractivity contribution in [1.29, 1.82) is 0 Å². The van der Waals surface area contributed by atoms with Crippen molar-refractivity contribution >= 4 is 11.7 Å². The van der Waals surface area contributed by atoms with Crippen molar-refractivity contribution in [3.63, 3.8) is 0 Å². The Hall–Kier alpha value is -1.58. The first-order valence-electron chi connectivity index (χ1n) is 5.75. The highest BCUT2D eigenvalue weighted by atomic mass is 16.1. The van der Waals surface area contributed by atoms with Crippen molar-refractivity contribution in [3.05, 3.63) is 23.9 Å². The number of carbonyl (C=O) groups excluding carboxylic acids is 1. The van der Waals surface area contributed by atoms with Gasteiger partial charge in [0.25, 0.3) is 5.91 Å². The number of hydrogen-bond acceptors (Lipinski definition) is 3. The normalized spacial score (nSPS) is 14.8. The number of carbonyl (C=O) groups is 1. The van der Waals surface area contributed by atoms with E-state index in [2.05, 4.69) is 10.3 Å². The highest BCUT2D eigenvalue weighted by molar-refractivity contribution is 5.93. The van der Waals surface area contributed by atoms with E-state index < -0.39 is 0 Å². The van der Waals surface area contributed by atoms with Gasteiger partial charge in [0.05, 0.1) is 5.56 Å². The van der Waals surface area contributed by atoms with E-state index in [9.17, 15) is 4.79 Å². The zero-order valence-corrected chi connectivity index (χ0v) is 9.28. The number of nitrogens with zero attached hydrogens (tertiary/aromatic N) is 1. The Kier molecular flexibility index (Phi) is 3.39. The molecule has 4 nitrogen and oxygen atoms in total. The molecule has 1 aromatic heterocycles. The lowest BCUT2D eigenvalue weighted by molar-refractivity contribution is 0.0952. The zero-order valence-electron chi connectivity index (χ0n) is 9.28. The van der Waals surface area contributed by atoms with Crippen molar-refractivity contribution in [3.8, 4) is 0 Å². The highest BCUT2D eigenvalue weighted by Crippen LogP contribution is 2.33. The van der Waals surface area contributed by atoms with E-state index in [0.29, 0.717) is 11.4 Å². The predicted octanol–water partition coefficient (Wildman–Crippen LogP) is 1.58. The molecule has 86 valence electrons. The van der Waals surface area contributed by atoms with Crippen molar-refractivity contribution in [1.82, 2.24) is 10.3 Å². The Bertz CT molecular complexity index is 357. The molecule has 2 rings (SSSR count). The van der Waals surface area contributed by atoms with Gasteiger partial charge in [-0.25, -0.2) is 4.98 Å². The molecular weight excluding hydrogens is 202 g/mol. The number of rotatable bonds is 5. The lowest BCUT2D eigenvalue weighted by Crippen LogP contribution is -2.24. The van der Waals surface area contributed by atoms with Gasteiger partial charge in [-0.15, -0.1) is 0 Å². The fraction of sp³-hybridized carbons (Fsp3) is 0.500. The zero-order chi connectivity index (χ0) is 11.4. The monoisotopic (exact) mass is 219 g/mol. The molecule has 0 saturated heterocycles. The Balaban J connectivity index is 1.71. The van der Waals surface area contributed by atoms with Crippen molar-refractivity contribution in [2.75, 3.05) is 12.3 Å². The van der Waals surface area contributed by atoms with Crippen LogP contribution in [0.4, 0.5) is 5.82 Å². The number of nitrogens with two attached hydrogens (primary N) is 1. The molecule has 1 heterocycles. The lowest BCUT2D eigenvalue weighted by Gasteiger charge is -2.04. The van der Waals surface area contributed by atoms with Gasteiger partial charge in [0.1, 0.15) is 5.82 Å². The minimum atomic E-state index is -0.0664. The van der Waals surface area contributed by atoms with Gasteiger partial charge in [-0.05, 0) is 30.9 Å². The summed E-state index contributed by atoms with van der Waals surface area (Å²) in [6, 6.07) is 3.33. The van der Waals surface area contributed by atoms with Crippen LogP contribution in [0.2, 0.25) is 0 Å². The molecule has 0 bridgehead atoms. The number of nitrogens with one attached hydrogen (secondary N) is 1. The predicted molar refractivity (Wildman–Crippen MR) is 62.9 cm³/mol. The average molecular weight is 219 g/mol. The largest absolute Gasteiger partial charge is 0.384 e. The standard InChI is InChI=1S/C12H17N3O/c13-11-6-5-10(8-15-11)12(16)14-7-1-2-9-3-4-9/h5-6,8-9H,1-4,7H2,(H2,13,15)(H,14,16). The first-order chi connectivity index (χ1) is 7.75. The van der Waals surface area contributed by atoms with Crippen LogP contribution in [0, 0.1) is 5.92 Å². The van der Waals surface area contributed by atoms with Crippen LogP contribution in [0.25, 0.3) is 0 Å². The molecule has 0 aromatic carbocycles. The Labute approximate surface area is 95.3 Å². The van der Waals surface area contributed by atoms with E-state index in [1.807, 2.05) is 0 Å². The number of amides is 1. The van der Waals surface area contributed by atoms with Crippen molar-refractivity contribution in [2.24, 2.45) is 5.92 Å². The molecule has 0 spiro atoms. The molecule has 4 heteroatoms. The first-order valence-corrected chi connectivity index (χ1v) is 5.75. The Morgan fingerprint density at radius 1 is 1.50 bits per heavy atom. The third kappa shape index (κ3) is 3.22. The number of aromatic nitrogens is 1. The molecule has 16 heavy (non-hydrogen) atoms. The summed E-state index contributed by atoms with van der Waals surface area (Å²) in [6.07, 6.45) is 6.55. The SMILES string of the molecule is Nc1ccc(C(=O)NCCCC2CC2)cn1. The Morgan fingerprint density at radius 2 is 2.31 bits per heavy atom. The molecule has 1 aromatic rings. The second-order valence-corrected chi connectivity index (χ2v) is 4.31. The highest BCUT2D eigenvalue weighted by Gasteiger charge is 2.20. The van der Waals surface area contributed by atoms with E-state index in [0.717, 1.165) is 18.9 Å². The number of anilines is 1. The first kappa shape index (κ1) is 10.9. The molecule has 1 aliphatic rings. The summed E-state index contributed by atoms with van der Waals surface area (Å²) >= 11 is 0. The summed E-state index contributed by atoms with van der Waals surface area (Å²) in [5, 5.41) is 2.88. The van der Waals surface area contributed by atoms with E-state index >= 15 is 0 Å². The van der Waals surface area contributed by atoms with Crippen LogP contribution < -0.4 is 11.1 Å². The summed E-state index contributed by atoms with van der Waals surface area (Å²) in [7, 11) is 0. The van der Waals surface area contributed by atoms with E-state index in [1.54, 1.807) is 12.1 Å². The molecule has 0 aliphatic heterocycles. The maximum atomic E-state index is 11.6. The van der Waals surface area contributed by atoms with Crippen LogP contribution in [0.3, 0.4) is 0 Å². The molecule has 1 fully saturated rings. The van der Waals surface area contributed by atoms with Crippen LogP contribution in [-0.4, -0.2) is 17.4 Å². The van der Waals surface area contributed by atoms with Crippen LogP contribution >= 0.6 is 0 Å². The van der Waals surface area contributed by atoms with Crippen molar-refractivity contribution in [2.45, 2.75) is 25.7 Å². The van der Waals surface area contributed by atoms with Gasteiger partial charge in [-0.2, -0.15) is 0 Å². The van der Waals surface area contributed by atoms with E-state index in [1.165, 1.54) is 25.5 Å². The molecule has 1 saturated carbocycles. The minimum absolute atomic E-state index is 0.0664. The molecule has 0 unspecified atom stereocenters. The molecule has 0 atom stereocenters. The molecule has 0 radical (unpaired) electrons. The fourth-order valence-electron chi connectivity index (χ4n) is 1.64. The average Bonchev–Trinajstić information content (AvgIpc) is 3.09. The number of hydrogen-bond donors (Lipinski definition) is 2. The van der Waals surface area contributed by atoms with Crippen LogP contribution in [0.5, 0.6) is 0 Å². The number of nitrogen functional groups attached to an aromatic ring is 1. The van der Waals surface area contributed by atoms with Gasteiger partial charge in [0, 0.05) is 12.7 Å². The fourth-order valence-corrected chi connectivity index (χ4v) is 1.64. The van der Waals surface area contributed by atoms with Gasteiger partial charge in [-0.1, -0.05) is 12.8 Å². The second-order valence-electron chi connectivity index (χ2n) is 4.31. The lowest BCUT2D eigenvalue weighted by atomic mass is 10.2. The maximum Gasteiger partial charge on any atom is 0.252 e. The quantitative estimate of drug-likeness (QED) is 0.739. The van der Waals surface area contributed by atoms with Crippen LogP contribution in [0.1, 0.15) is 36.0 Å². The minimum Gasteiger partial charge on any atom is -0.384 e. The van der Waals surface area contributed by atoms with Gasteiger partial charge in [0.2, 0.25) is 0 Å². The van der Waals surface area contributed by atoms with Crippen molar-refractivity contribution < 1.29 is 4.79 Å². The summed E-state index contributed by atoms with van der Waals surface area (Å²) in [6.45, 7) is 0.750. The van der Waals surface area contributed by atoms with E-state index in [-0.39, 0.29) is 5.91 Å². The smallest absolute Gasteiger partial charge is 0.252 e. The summed E-state index contributed by atoms with van der Waals surface area (Å²) < 4.78 is 0. The summed E-state index contributed by atoms with van der Waals surface area (Å²) in [5.41, 5.74) is 6.02. The second kappa shape index (κ2) is 4.96. The molecule has 1 amide bonds. The van der Waals surface area contributed by atoms with Crippen LogP contribution in [-0.2, 0) is 0 Å². The van der Waals surface area contributed by atoms with Gasteiger partial charge < -0.3 is 11.1 Å². The number of pyridine rings is 1. The van der Waals surface area contributed by atoms with Crippen LogP contribution in [0.15, 0.2) is 18.3 Å². The third-order valence-electron chi connectivity index (χ3n) is 2.82. The van der Waals surface area contributed by atoms with E-state index in [4.69, 9.17) is 5.73 Å². The topological polar surface area (TPSA) is 68.0 Å². The van der Waals surface area contributed by atoms with Gasteiger partial charge in [-0.3, -0.25) is 4.79 Å². The third-order valence-corrected chi connectivity index (χ3v) is 2.82. The molecule has 1 aliphatic carbocycles. The summed E-state index contributed by atoms with van der Waals surface area (Å²) in [5.74, 6) is 1.30.